The largest absolute Gasteiger partial charge is 0.413 e. The van der Waals surface area contributed by atoms with Crippen molar-refractivity contribution in [3.63, 3.8) is 0 Å². The van der Waals surface area contributed by atoms with Crippen LogP contribution in [0.1, 0.15) is 59.3 Å². The van der Waals surface area contributed by atoms with Gasteiger partial charge in [-0.05, 0) is 56.2 Å². The van der Waals surface area contributed by atoms with E-state index in [-0.39, 0.29) is 28.3 Å². The lowest BCUT2D eigenvalue weighted by atomic mass is 9.54. The number of hydrogen-bond acceptors (Lipinski definition) is 4. The molecule has 0 aromatic rings. The predicted molar refractivity (Wildman–Crippen MR) is 97.0 cm³/mol. The van der Waals surface area contributed by atoms with E-state index in [9.17, 15) is 4.79 Å². The van der Waals surface area contributed by atoms with E-state index in [1.54, 1.807) is 0 Å². The van der Waals surface area contributed by atoms with Crippen molar-refractivity contribution in [1.29, 1.82) is 0 Å². The summed E-state index contributed by atoms with van der Waals surface area (Å²) >= 11 is 0. The third-order valence-corrected chi connectivity index (χ3v) is 13.0. The zero-order chi connectivity index (χ0) is 17.8. The molecule has 7 atom stereocenters. The van der Waals surface area contributed by atoms with Crippen molar-refractivity contribution in [3.8, 4) is 0 Å². The fourth-order valence-corrected chi connectivity index (χ4v) is 7.36. The van der Waals surface area contributed by atoms with Crippen LogP contribution in [-0.4, -0.2) is 44.1 Å². The molecule has 5 aliphatic rings. The van der Waals surface area contributed by atoms with Crippen molar-refractivity contribution >= 4 is 14.1 Å². The summed E-state index contributed by atoms with van der Waals surface area (Å²) in [5.41, 5.74) is -0.230. The van der Waals surface area contributed by atoms with E-state index in [0.29, 0.717) is 30.3 Å². The summed E-state index contributed by atoms with van der Waals surface area (Å²) in [5.74, 6) is 0.892. The van der Waals surface area contributed by atoms with E-state index in [4.69, 9.17) is 13.9 Å². The Morgan fingerprint density at radius 3 is 2.68 bits per heavy atom. The van der Waals surface area contributed by atoms with Gasteiger partial charge in [0.05, 0.1) is 18.3 Å². The number of Topliss-reactive ketones (excluding diaryl/α,β-unsaturated/α-hetero) is 1. The Labute approximate surface area is 152 Å². The topological polar surface area (TPSA) is 51.4 Å². The number of carbonyl (C=O) groups excluding carboxylic acids is 1. The molecule has 0 radical (unpaired) electrons. The number of epoxide rings is 2. The molecule has 5 heteroatoms. The first kappa shape index (κ1) is 16.9. The van der Waals surface area contributed by atoms with Gasteiger partial charge in [0, 0.05) is 11.8 Å². The van der Waals surface area contributed by atoms with Crippen molar-refractivity contribution in [2.75, 3.05) is 0 Å². The highest BCUT2D eigenvalue weighted by Gasteiger charge is 2.79. The molecule has 2 aliphatic heterocycles. The third-order valence-electron chi connectivity index (χ3n) is 8.52. The zero-order valence-electron chi connectivity index (χ0n) is 16.3. The number of ether oxygens (including phenoxy) is 2. The highest BCUT2D eigenvalue weighted by Crippen LogP contribution is 2.70. The van der Waals surface area contributed by atoms with Gasteiger partial charge < -0.3 is 13.9 Å². The second kappa shape index (κ2) is 4.78. The molecular formula is C20H32O4Si. The molecule has 2 saturated heterocycles. The minimum Gasteiger partial charge on any atom is -0.413 e. The molecule has 4 nitrogen and oxygen atoms in total. The molecule has 0 aromatic heterocycles. The van der Waals surface area contributed by atoms with Gasteiger partial charge in [0.25, 0.3) is 0 Å². The lowest BCUT2D eigenvalue weighted by Gasteiger charge is -2.55. The average Bonchev–Trinajstić information content (AvgIpc) is 3.38. The molecule has 25 heavy (non-hydrogen) atoms. The van der Waals surface area contributed by atoms with Gasteiger partial charge in [-0.3, -0.25) is 4.79 Å². The summed E-state index contributed by atoms with van der Waals surface area (Å²) in [5, 5.41) is 0.200. The van der Waals surface area contributed by atoms with Crippen LogP contribution in [0.15, 0.2) is 0 Å². The maximum absolute atomic E-state index is 12.4. The Morgan fingerprint density at radius 2 is 1.96 bits per heavy atom. The van der Waals surface area contributed by atoms with Gasteiger partial charge in [0.2, 0.25) is 0 Å². The molecule has 2 heterocycles. The van der Waals surface area contributed by atoms with Crippen LogP contribution in [0.5, 0.6) is 0 Å². The van der Waals surface area contributed by atoms with Gasteiger partial charge in [0.15, 0.2) is 14.1 Å². The van der Waals surface area contributed by atoms with Crippen molar-refractivity contribution in [2.45, 2.75) is 107 Å². The Morgan fingerprint density at radius 1 is 1.20 bits per heavy atom. The van der Waals surface area contributed by atoms with Gasteiger partial charge in [0.1, 0.15) is 11.7 Å². The predicted octanol–water partition coefficient (Wildman–Crippen LogP) is 3.83. The minimum absolute atomic E-state index is 0.0000694. The monoisotopic (exact) mass is 364 g/mol. The molecular weight excluding hydrogens is 332 g/mol. The Hall–Kier alpha value is -0.233. The van der Waals surface area contributed by atoms with Gasteiger partial charge in [-0.15, -0.1) is 0 Å². The Kier molecular flexibility index (Phi) is 3.23. The lowest BCUT2D eigenvalue weighted by molar-refractivity contribution is -0.132. The first-order valence-electron chi connectivity index (χ1n) is 10.1. The molecule has 5 fully saturated rings. The number of carbonyl (C=O) groups is 1. The first-order chi connectivity index (χ1) is 11.6. The van der Waals surface area contributed by atoms with E-state index in [1.165, 1.54) is 0 Å². The van der Waals surface area contributed by atoms with Crippen LogP contribution >= 0.6 is 0 Å². The Balaban J connectivity index is 1.56. The van der Waals surface area contributed by atoms with Crippen LogP contribution in [0.3, 0.4) is 0 Å². The molecule has 5 rings (SSSR count). The van der Waals surface area contributed by atoms with Crippen LogP contribution in [0.25, 0.3) is 0 Å². The lowest BCUT2D eigenvalue weighted by Crippen LogP contribution is -2.62. The molecule has 3 aliphatic carbocycles. The molecule has 0 amide bonds. The average molecular weight is 365 g/mol. The van der Waals surface area contributed by atoms with Crippen LogP contribution in [0, 0.1) is 11.3 Å². The molecule has 2 spiro atoms. The maximum Gasteiger partial charge on any atom is 0.192 e. The molecule has 0 N–H and O–H groups in total. The normalized spacial score (nSPS) is 51.1. The summed E-state index contributed by atoms with van der Waals surface area (Å²) in [7, 11) is -1.88. The van der Waals surface area contributed by atoms with Crippen LogP contribution in [0.2, 0.25) is 18.1 Å². The van der Waals surface area contributed by atoms with E-state index in [2.05, 4.69) is 33.9 Å². The standard InChI is InChI=1S/C20H32O4Si/c1-18(2,3)25(4,5)24-16-12-6-9-20-17(23-20)13(21)7-8-19(16,20)11-15-14(10-12)22-15/h12,14-17H,6-11H2,1-5H3/t12-,14-,15-,16+,17+,19+,20+/m0/s1. The second-order valence-corrected chi connectivity index (χ2v) is 15.5. The van der Waals surface area contributed by atoms with Crippen molar-refractivity contribution < 1.29 is 18.7 Å². The SMILES string of the molecule is CC(C)(C)[Si](C)(C)O[C@@H]1[C@H]2CC[C@@]34O[C@@H]3C(=O)CC[C@@]14C[C@@H]1O[C@H]1C2. The molecule has 2 bridgehead atoms. The van der Waals surface area contributed by atoms with E-state index < -0.39 is 8.32 Å². The second-order valence-electron chi connectivity index (χ2n) is 10.8. The van der Waals surface area contributed by atoms with Crippen LogP contribution in [-0.2, 0) is 18.7 Å². The number of fused-ring (bicyclic) bond motifs is 2. The number of hydrogen-bond donors (Lipinski definition) is 0. The van der Waals surface area contributed by atoms with E-state index in [0.717, 1.165) is 32.1 Å². The van der Waals surface area contributed by atoms with E-state index >= 15 is 0 Å². The third kappa shape index (κ3) is 2.13. The highest BCUT2D eigenvalue weighted by atomic mass is 28.4. The smallest absolute Gasteiger partial charge is 0.192 e. The summed E-state index contributed by atoms with van der Waals surface area (Å²) in [4.78, 5) is 12.4. The van der Waals surface area contributed by atoms with Crippen molar-refractivity contribution in [1.82, 2.24) is 0 Å². The van der Waals surface area contributed by atoms with E-state index in [1.807, 2.05) is 0 Å². The van der Waals surface area contributed by atoms with Gasteiger partial charge in [-0.1, -0.05) is 20.8 Å². The van der Waals surface area contributed by atoms with Crippen LogP contribution in [0.4, 0.5) is 0 Å². The summed E-state index contributed by atoms with van der Waals surface area (Å²) in [6, 6.07) is 0. The first-order valence-corrected chi connectivity index (χ1v) is 13.0. The van der Waals surface area contributed by atoms with Crippen LogP contribution < -0.4 is 0 Å². The summed E-state index contributed by atoms with van der Waals surface area (Å²) in [6.45, 7) is 11.7. The zero-order valence-corrected chi connectivity index (χ0v) is 17.3. The summed E-state index contributed by atoms with van der Waals surface area (Å²) in [6.07, 6.45) is 6.85. The molecule has 140 valence electrons. The summed E-state index contributed by atoms with van der Waals surface area (Å²) < 4.78 is 19.4. The number of rotatable bonds is 2. The Bertz CT molecular complexity index is 626. The fourth-order valence-electron chi connectivity index (χ4n) is 5.95. The highest BCUT2D eigenvalue weighted by molar-refractivity contribution is 6.74. The van der Waals surface area contributed by atoms with Gasteiger partial charge in [-0.25, -0.2) is 0 Å². The van der Waals surface area contributed by atoms with Crippen molar-refractivity contribution in [2.24, 2.45) is 11.3 Å². The van der Waals surface area contributed by atoms with Gasteiger partial charge >= 0.3 is 0 Å². The van der Waals surface area contributed by atoms with Crippen molar-refractivity contribution in [3.05, 3.63) is 0 Å². The molecule has 3 saturated carbocycles. The minimum atomic E-state index is -1.88. The van der Waals surface area contributed by atoms with Gasteiger partial charge in [-0.2, -0.15) is 0 Å². The quantitative estimate of drug-likeness (QED) is 0.552. The molecule has 0 aromatic carbocycles. The fraction of sp³-hybridized carbons (Fsp3) is 0.950. The maximum atomic E-state index is 12.4. The molecule has 0 unspecified atom stereocenters. The number of ketones is 1.